The lowest BCUT2D eigenvalue weighted by molar-refractivity contribution is 0.0697. The van der Waals surface area contributed by atoms with Crippen LogP contribution in [0, 0.1) is 0 Å². The van der Waals surface area contributed by atoms with Gasteiger partial charge in [-0.2, -0.15) is 0 Å². The minimum Gasteiger partial charge on any atom is -0.478 e. The number of hydrogen-bond acceptors (Lipinski definition) is 2. The van der Waals surface area contributed by atoms with E-state index in [1.165, 1.54) is 5.56 Å². The first-order valence-corrected chi connectivity index (χ1v) is 8.70. The predicted molar refractivity (Wildman–Crippen MR) is 89.5 cm³/mol. The van der Waals surface area contributed by atoms with E-state index in [4.69, 9.17) is 5.11 Å². The van der Waals surface area contributed by atoms with Gasteiger partial charge in [0.25, 0.3) is 0 Å². The normalized spacial score (nSPS) is 12.3. The summed E-state index contributed by atoms with van der Waals surface area (Å²) in [5.74, 6) is 0.496. The van der Waals surface area contributed by atoms with Crippen LogP contribution in [0.25, 0.3) is 0 Å². The van der Waals surface area contributed by atoms with Crippen LogP contribution in [0.1, 0.15) is 46.8 Å². The molecule has 4 heteroatoms. The molecule has 2 rings (SSSR count). The third-order valence-electron chi connectivity index (χ3n) is 3.50. The van der Waals surface area contributed by atoms with Crippen LogP contribution in [-0.2, 0) is 22.3 Å². The van der Waals surface area contributed by atoms with Gasteiger partial charge in [0.05, 0.1) is 5.56 Å². The van der Waals surface area contributed by atoms with Gasteiger partial charge < -0.3 is 5.11 Å². The molecule has 2 aromatic carbocycles. The minimum absolute atomic E-state index is 0.249. The predicted octanol–water partition coefficient (Wildman–Crippen LogP) is 3.96. The van der Waals surface area contributed by atoms with Crippen molar-refractivity contribution in [2.75, 3.05) is 0 Å². The maximum Gasteiger partial charge on any atom is 0.335 e. The molecule has 2 aromatic rings. The zero-order valence-corrected chi connectivity index (χ0v) is 13.6. The topological polar surface area (TPSA) is 54.4 Å². The first-order chi connectivity index (χ1) is 10.5. The van der Waals surface area contributed by atoms with Crippen molar-refractivity contribution in [3.05, 3.63) is 70.8 Å². The molecule has 1 unspecified atom stereocenters. The molecular formula is C18H20O3S. The number of carboxylic acid groups (broad SMARTS) is 1. The Morgan fingerprint density at radius 2 is 1.41 bits per heavy atom. The van der Waals surface area contributed by atoms with Crippen molar-refractivity contribution in [2.24, 2.45) is 0 Å². The summed E-state index contributed by atoms with van der Waals surface area (Å²) in [6.45, 7) is 4.29. The smallest absolute Gasteiger partial charge is 0.335 e. The summed E-state index contributed by atoms with van der Waals surface area (Å²) in [4.78, 5) is 10.8. The highest BCUT2D eigenvalue weighted by Crippen LogP contribution is 2.16. The summed E-state index contributed by atoms with van der Waals surface area (Å²) in [5.41, 5.74) is 3.48. The Balaban J connectivity index is 1.96. The number of hydrogen-bond donors (Lipinski definition) is 1. The van der Waals surface area contributed by atoms with E-state index in [1.54, 1.807) is 24.3 Å². The van der Waals surface area contributed by atoms with Gasteiger partial charge in [0, 0.05) is 22.3 Å². The molecule has 0 amide bonds. The van der Waals surface area contributed by atoms with Crippen molar-refractivity contribution in [3.63, 3.8) is 0 Å². The van der Waals surface area contributed by atoms with Crippen LogP contribution in [0.3, 0.4) is 0 Å². The lowest BCUT2D eigenvalue weighted by Gasteiger charge is -2.07. The van der Waals surface area contributed by atoms with E-state index >= 15 is 0 Å². The van der Waals surface area contributed by atoms with Crippen LogP contribution < -0.4 is 0 Å². The second kappa shape index (κ2) is 7.36. The monoisotopic (exact) mass is 316 g/mol. The first kappa shape index (κ1) is 16.4. The van der Waals surface area contributed by atoms with Gasteiger partial charge in [0.15, 0.2) is 0 Å². The molecule has 0 spiro atoms. The van der Waals surface area contributed by atoms with Crippen LogP contribution in [0.15, 0.2) is 48.5 Å². The number of carbonyl (C=O) groups is 1. The largest absolute Gasteiger partial charge is 0.478 e. The lowest BCUT2D eigenvalue weighted by Crippen LogP contribution is -2.01. The average molecular weight is 316 g/mol. The maximum atomic E-state index is 12.2. The third-order valence-corrected chi connectivity index (χ3v) is 4.81. The molecule has 0 aliphatic heterocycles. The number of aromatic carboxylic acids is 1. The molecule has 0 saturated heterocycles. The van der Waals surface area contributed by atoms with E-state index in [0.717, 1.165) is 11.1 Å². The summed E-state index contributed by atoms with van der Waals surface area (Å²) in [5, 5.41) is 8.85. The highest BCUT2D eigenvalue weighted by Gasteiger charge is 2.06. The molecular weight excluding hydrogens is 296 g/mol. The average Bonchev–Trinajstić information content (AvgIpc) is 2.48. The summed E-state index contributed by atoms with van der Waals surface area (Å²) in [6.07, 6.45) is 0. The minimum atomic E-state index is -1.00. The van der Waals surface area contributed by atoms with Gasteiger partial charge in [-0.3, -0.25) is 4.21 Å². The second-order valence-corrected chi connectivity index (χ2v) is 7.08. The SMILES string of the molecule is CC(C)c1ccc(CS(=O)Cc2ccc(C(=O)O)cc2)cc1. The van der Waals surface area contributed by atoms with Crippen molar-refractivity contribution in [1.29, 1.82) is 0 Å². The van der Waals surface area contributed by atoms with Gasteiger partial charge >= 0.3 is 5.97 Å². The van der Waals surface area contributed by atoms with E-state index in [2.05, 4.69) is 26.0 Å². The molecule has 1 N–H and O–H groups in total. The van der Waals surface area contributed by atoms with Gasteiger partial charge in [-0.15, -0.1) is 0 Å². The Morgan fingerprint density at radius 3 is 1.82 bits per heavy atom. The first-order valence-electron chi connectivity index (χ1n) is 7.21. The Kier molecular flexibility index (Phi) is 5.50. The van der Waals surface area contributed by atoms with Gasteiger partial charge in [-0.05, 0) is 34.7 Å². The fourth-order valence-corrected chi connectivity index (χ4v) is 3.40. The van der Waals surface area contributed by atoms with Crippen molar-refractivity contribution in [2.45, 2.75) is 31.3 Å². The van der Waals surface area contributed by atoms with Crippen molar-refractivity contribution in [1.82, 2.24) is 0 Å². The van der Waals surface area contributed by atoms with Crippen LogP contribution in [0.2, 0.25) is 0 Å². The highest BCUT2D eigenvalue weighted by molar-refractivity contribution is 7.83. The van der Waals surface area contributed by atoms with Gasteiger partial charge in [-0.25, -0.2) is 4.79 Å². The Bertz CT molecular complexity index is 658. The molecule has 0 radical (unpaired) electrons. The molecule has 0 bridgehead atoms. The van der Waals surface area contributed by atoms with Crippen LogP contribution in [0.5, 0.6) is 0 Å². The zero-order valence-electron chi connectivity index (χ0n) is 12.8. The molecule has 116 valence electrons. The highest BCUT2D eigenvalue weighted by atomic mass is 32.2. The summed E-state index contributed by atoms with van der Waals surface area (Å²) < 4.78 is 12.2. The van der Waals surface area contributed by atoms with E-state index in [-0.39, 0.29) is 5.56 Å². The Hall–Kier alpha value is -1.94. The standard InChI is InChI=1S/C18H20O3S/c1-13(2)16-7-3-14(4-8-16)11-22(21)12-15-5-9-17(10-6-15)18(19)20/h3-10,13H,11-12H2,1-2H3,(H,19,20). The molecule has 3 nitrogen and oxygen atoms in total. The van der Waals surface area contributed by atoms with Crippen molar-refractivity contribution in [3.8, 4) is 0 Å². The molecule has 0 aliphatic rings. The van der Waals surface area contributed by atoms with Crippen molar-refractivity contribution >= 4 is 16.8 Å². The quantitative estimate of drug-likeness (QED) is 0.877. The molecule has 1 atom stereocenters. The summed E-state index contributed by atoms with van der Waals surface area (Å²) in [6, 6.07) is 14.8. The van der Waals surface area contributed by atoms with E-state index in [1.807, 2.05) is 12.1 Å². The van der Waals surface area contributed by atoms with Gasteiger partial charge in [0.1, 0.15) is 0 Å². The zero-order chi connectivity index (χ0) is 16.1. The fraction of sp³-hybridized carbons (Fsp3) is 0.278. The van der Waals surface area contributed by atoms with E-state index in [0.29, 0.717) is 17.4 Å². The second-order valence-electron chi connectivity index (χ2n) is 5.63. The fourth-order valence-electron chi connectivity index (χ4n) is 2.17. The van der Waals surface area contributed by atoms with Crippen LogP contribution >= 0.6 is 0 Å². The maximum absolute atomic E-state index is 12.2. The van der Waals surface area contributed by atoms with Crippen molar-refractivity contribution < 1.29 is 14.1 Å². The third kappa shape index (κ3) is 4.53. The summed E-state index contributed by atoms with van der Waals surface area (Å²) >= 11 is 0. The van der Waals surface area contributed by atoms with E-state index < -0.39 is 16.8 Å². The molecule has 0 aliphatic carbocycles. The lowest BCUT2D eigenvalue weighted by atomic mass is 10.0. The van der Waals surface area contributed by atoms with Gasteiger partial charge in [-0.1, -0.05) is 50.2 Å². The number of rotatable bonds is 6. The Morgan fingerprint density at radius 1 is 0.955 bits per heavy atom. The molecule has 0 fully saturated rings. The number of benzene rings is 2. The number of carboxylic acids is 1. The Labute approximate surface area is 133 Å². The van der Waals surface area contributed by atoms with Crippen LogP contribution in [-0.4, -0.2) is 15.3 Å². The molecule has 0 saturated carbocycles. The van der Waals surface area contributed by atoms with E-state index in [9.17, 15) is 9.00 Å². The molecule has 0 aromatic heterocycles. The molecule has 22 heavy (non-hydrogen) atoms. The van der Waals surface area contributed by atoms with Gasteiger partial charge in [0.2, 0.25) is 0 Å². The summed E-state index contributed by atoms with van der Waals surface area (Å²) in [7, 11) is -1.00. The van der Waals surface area contributed by atoms with Crippen LogP contribution in [0.4, 0.5) is 0 Å². The molecule has 0 heterocycles.